The Morgan fingerprint density at radius 2 is 1.96 bits per heavy atom. The third-order valence-electron chi connectivity index (χ3n) is 4.23. The van der Waals surface area contributed by atoms with Crippen LogP contribution in [0.2, 0.25) is 5.02 Å². The second kappa shape index (κ2) is 9.52. The maximum absolute atomic E-state index is 12.3. The summed E-state index contributed by atoms with van der Waals surface area (Å²) in [6, 6.07) is 9.45. The highest BCUT2D eigenvalue weighted by molar-refractivity contribution is 6.30. The van der Waals surface area contributed by atoms with Crippen molar-refractivity contribution in [3.8, 4) is 0 Å². The van der Waals surface area contributed by atoms with E-state index >= 15 is 0 Å². The maximum atomic E-state index is 12.3. The number of amides is 1. The fourth-order valence-corrected chi connectivity index (χ4v) is 2.85. The predicted octanol–water partition coefficient (Wildman–Crippen LogP) is 2.41. The van der Waals surface area contributed by atoms with Crippen molar-refractivity contribution < 1.29 is 9.53 Å². The maximum Gasteiger partial charge on any atom is 0.252 e. The Kier molecular flexibility index (Phi) is 6.82. The Morgan fingerprint density at radius 1 is 1.19 bits per heavy atom. The number of benzene rings is 1. The fourth-order valence-electron chi connectivity index (χ4n) is 2.72. The Bertz CT molecular complexity index is 718. The van der Waals surface area contributed by atoms with E-state index in [9.17, 15) is 4.79 Å². The van der Waals surface area contributed by atoms with Gasteiger partial charge in [-0.25, -0.2) is 0 Å². The summed E-state index contributed by atoms with van der Waals surface area (Å²) in [4.78, 5) is 18.8. The summed E-state index contributed by atoms with van der Waals surface area (Å²) in [5.74, 6) is -0.110. The van der Waals surface area contributed by atoms with Gasteiger partial charge in [-0.15, -0.1) is 0 Å². The molecule has 0 radical (unpaired) electrons. The number of rotatable bonds is 7. The number of aromatic nitrogens is 1. The van der Waals surface area contributed by atoms with Crippen LogP contribution in [0.25, 0.3) is 0 Å². The van der Waals surface area contributed by atoms with Crippen molar-refractivity contribution in [2.75, 3.05) is 44.7 Å². The Labute approximate surface area is 158 Å². The first-order valence-electron chi connectivity index (χ1n) is 8.72. The summed E-state index contributed by atoms with van der Waals surface area (Å²) >= 11 is 5.89. The number of pyridine rings is 1. The van der Waals surface area contributed by atoms with Crippen LogP contribution in [0, 0.1) is 0 Å². The average Bonchev–Trinajstić information content (AvgIpc) is 2.68. The SMILES string of the molecule is O=C(NCCN1CCOCC1)c1cncc(NCc2ccc(Cl)cc2)c1. The van der Waals surface area contributed by atoms with Crippen molar-refractivity contribution in [3.63, 3.8) is 0 Å². The van der Waals surface area contributed by atoms with Gasteiger partial charge in [0, 0.05) is 50.1 Å². The van der Waals surface area contributed by atoms with E-state index in [1.807, 2.05) is 30.3 Å². The number of anilines is 1. The van der Waals surface area contributed by atoms with Gasteiger partial charge in [0.05, 0.1) is 24.5 Å². The number of hydrogen-bond donors (Lipinski definition) is 2. The molecule has 138 valence electrons. The molecule has 3 rings (SSSR count). The summed E-state index contributed by atoms with van der Waals surface area (Å²) in [6.07, 6.45) is 3.29. The van der Waals surface area contributed by atoms with E-state index in [1.165, 1.54) is 0 Å². The van der Waals surface area contributed by atoms with E-state index in [1.54, 1.807) is 12.4 Å². The molecule has 1 fully saturated rings. The average molecular weight is 375 g/mol. The molecule has 1 amide bonds. The van der Waals surface area contributed by atoms with Crippen LogP contribution in [-0.2, 0) is 11.3 Å². The number of morpholine rings is 1. The molecule has 2 heterocycles. The van der Waals surface area contributed by atoms with E-state index in [2.05, 4.69) is 20.5 Å². The number of carbonyl (C=O) groups is 1. The van der Waals surface area contributed by atoms with Crippen LogP contribution in [0.4, 0.5) is 5.69 Å². The molecule has 0 unspecified atom stereocenters. The third-order valence-corrected chi connectivity index (χ3v) is 4.48. The van der Waals surface area contributed by atoms with E-state index < -0.39 is 0 Å². The van der Waals surface area contributed by atoms with Gasteiger partial charge in [-0.05, 0) is 23.8 Å². The van der Waals surface area contributed by atoms with Gasteiger partial charge in [0.25, 0.3) is 5.91 Å². The molecule has 1 aliphatic heterocycles. The van der Waals surface area contributed by atoms with Crippen LogP contribution >= 0.6 is 11.6 Å². The minimum absolute atomic E-state index is 0.110. The van der Waals surface area contributed by atoms with Gasteiger partial charge < -0.3 is 15.4 Å². The van der Waals surface area contributed by atoms with Gasteiger partial charge in [-0.2, -0.15) is 0 Å². The monoisotopic (exact) mass is 374 g/mol. The highest BCUT2D eigenvalue weighted by atomic mass is 35.5. The van der Waals surface area contributed by atoms with Crippen molar-refractivity contribution >= 4 is 23.2 Å². The normalized spacial score (nSPS) is 14.8. The lowest BCUT2D eigenvalue weighted by Crippen LogP contribution is -2.41. The van der Waals surface area contributed by atoms with Crippen LogP contribution in [0.15, 0.2) is 42.7 Å². The second-order valence-electron chi connectivity index (χ2n) is 6.15. The van der Waals surface area contributed by atoms with Gasteiger partial charge in [0.1, 0.15) is 0 Å². The standard InChI is InChI=1S/C19H23ClN4O2/c20-17-3-1-15(2-4-17)12-23-18-11-16(13-21-14-18)19(25)22-5-6-24-7-9-26-10-8-24/h1-4,11,13-14,23H,5-10,12H2,(H,22,25). The molecule has 1 aromatic carbocycles. The first-order valence-corrected chi connectivity index (χ1v) is 9.10. The zero-order valence-electron chi connectivity index (χ0n) is 14.6. The number of nitrogens with zero attached hydrogens (tertiary/aromatic N) is 2. The molecule has 1 aliphatic rings. The Hall–Kier alpha value is -2.15. The first kappa shape index (κ1) is 18.6. The molecule has 2 N–H and O–H groups in total. The molecule has 0 saturated carbocycles. The summed E-state index contributed by atoms with van der Waals surface area (Å²) in [5, 5.41) is 6.94. The molecule has 2 aromatic rings. The molecule has 6 nitrogen and oxygen atoms in total. The fraction of sp³-hybridized carbons (Fsp3) is 0.368. The molecule has 0 aliphatic carbocycles. The van der Waals surface area contributed by atoms with Crippen molar-refractivity contribution in [1.29, 1.82) is 0 Å². The predicted molar refractivity (Wildman–Crippen MR) is 103 cm³/mol. The molecule has 26 heavy (non-hydrogen) atoms. The highest BCUT2D eigenvalue weighted by Crippen LogP contribution is 2.13. The minimum Gasteiger partial charge on any atom is -0.380 e. The number of carbonyl (C=O) groups excluding carboxylic acids is 1. The highest BCUT2D eigenvalue weighted by Gasteiger charge is 2.11. The van der Waals surface area contributed by atoms with Gasteiger partial charge in [0.15, 0.2) is 0 Å². The number of nitrogens with one attached hydrogen (secondary N) is 2. The quantitative estimate of drug-likeness (QED) is 0.779. The van der Waals surface area contributed by atoms with E-state index in [0.29, 0.717) is 23.7 Å². The molecule has 1 aromatic heterocycles. The molecule has 1 saturated heterocycles. The zero-order chi connectivity index (χ0) is 18.2. The van der Waals surface area contributed by atoms with Gasteiger partial charge >= 0.3 is 0 Å². The second-order valence-corrected chi connectivity index (χ2v) is 6.59. The van der Waals surface area contributed by atoms with Crippen molar-refractivity contribution in [1.82, 2.24) is 15.2 Å². The Balaban J connectivity index is 1.47. The lowest BCUT2D eigenvalue weighted by atomic mass is 10.2. The summed E-state index contributed by atoms with van der Waals surface area (Å²) in [6.45, 7) is 5.45. The van der Waals surface area contributed by atoms with Crippen LogP contribution in [-0.4, -0.2) is 55.2 Å². The lowest BCUT2D eigenvalue weighted by molar-refractivity contribution is 0.0383. The number of halogens is 1. The molecule has 7 heteroatoms. The molecular weight excluding hydrogens is 352 g/mol. The van der Waals surface area contributed by atoms with Gasteiger partial charge in [-0.3, -0.25) is 14.7 Å². The first-order chi connectivity index (χ1) is 12.7. The number of ether oxygens (including phenoxy) is 1. The van der Waals surface area contributed by atoms with Crippen molar-refractivity contribution in [2.24, 2.45) is 0 Å². The van der Waals surface area contributed by atoms with Crippen LogP contribution in [0.3, 0.4) is 0 Å². The summed E-state index contributed by atoms with van der Waals surface area (Å²) < 4.78 is 5.32. The third kappa shape index (κ3) is 5.69. The van der Waals surface area contributed by atoms with Crippen molar-refractivity contribution in [3.05, 3.63) is 58.9 Å². The summed E-state index contributed by atoms with van der Waals surface area (Å²) in [5.41, 5.74) is 2.46. The number of hydrogen-bond acceptors (Lipinski definition) is 5. The van der Waals surface area contributed by atoms with E-state index in [4.69, 9.17) is 16.3 Å². The molecular formula is C19H23ClN4O2. The zero-order valence-corrected chi connectivity index (χ0v) is 15.3. The largest absolute Gasteiger partial charge is 0.380 e. The Morgan fingerprint density at radius 3 is 2.73 bits per heavy atom. The molecule has 0 spiro atoms. The van der Waals surface area contributed by atoms with Gasteiger partial charge in [0.2, 0.25) is 0 Å². The van der Waals surface area contributed by atoms with E-state index in [0.717, 1.165) is 44.1 Å². The molecule has 0 bridgehead atoms. The van der Waals surface area contributed by atoms with E-state index in [-0.39, 0.29) is 5.91 Å². The van der Waals surface area contributed by atoms with Crippen LogP contribution in [0.5, 0.6) is 0 Å². The van der Waals surface area contributed by atoms with Crippen molar-refractivity contribution in [2.45, 2.75) is 6.54 Å². The van der Waals surface area contributed by atoms with Crippen LogP contribution < -0.4 is 10.6 Å². The van der Waals surface area contributed by atoms with Gasteiger partial charge in [-0.1, -0.05) is 23.7 Å². The minimum atomic E-state index is -0.110. The lowest BCUT2D eigenvalue weighted by Gasteiger charge is -2.26. The smallest absolute Gasteiger partial charge is 0.252 e. The topological polar surface area (TPSA) is 66.5 Å². The van der Waals surface area contributed by atoms with Crippen LogP contribution in [0.1, 0.15) is 15.9 Å². The molecule has 0 atom stereocenters. The summed E-state index contributed by atoms with van der Waals surface area (Å²) in [7, 11) is 0.